The lowest BCUT2D eigenvalue weighted by Gasteiger charge is -2.22. The van der Waals surface area contributed by atoms with Crippen LogP contribution in [0.5, 0.6) is 0 Å². The lowest BCUT2D eigenvalue weighted by atomic mass is 10.1. The van der Waals surface area contributed by atoms with Crippen LogP contribution in [0.15, 0.2) is 43.0 Å². The molecule has 1 fully saturated rings. The van der Waals surface area contributed by atoms with E-state index in [4.69, 9.17) is 0 Å². The Balaban J connectivity index is 1.72. The fraction of sp³-hybridized carbons (Fsp3) is 0.421. The Kier molecular flexibility index (Phi) is 5.16. The fourth-order valence-corrected chi connectivity index (χ4v) is 3.34. The molecule has 0 spiro atoms. The second kappa shape index (κ2) is 7.51. The lowest BCUT2D eigenvalue weighted by Crippen LogP contribution is -2.38. The number of aromatic nitrogens is 2. The van der Waals surface area contributed by atoms with Gasteiger partial charge in [-0.15, -0.1) is 0 Å². The average Bonchev–Trinajstić information content (AvgIpc) is 3.31. The van der Waals surface area contributed by atoms with Crippen molar-refractivity contribution in [3.8, 4) is 0 Å². The highest BCUT2D eigenvalue weighted by atomic mass is 16.2. The standard InChI is InChI=1S/C19H24N4O2/c1-3-22(2)19(25)15-7-4-6-14(12-15)18(24)21-16-8-5-9-17(16)23-11-10-20-13-23/h4,6-7,10-13,16-17H,3,5,8-9H2,1-2H3,(H,21,24)/t16-,17-/m0/s1. The summed E-state index contributed by atoms with van der Waals surface area (Å²) < 4.78 is 2.06. The maximum atomic E-state index is 12.7. The van der Waals surface area contributed by atoms with Gasteiger partial charge >= 0.3 is 0 Å². The van der Waals surface area contributed by atoms with Gasteiger partial charge in [0, 0.05) is 43.2 Å². The third-order valence-electron chi connectivity index (χ3n) is 4.90. The van der Waals surface area contributed by atoms with E-state index in [-0.39, 0.29) is 23.9 Å². The zero-order valence-corrected chi connectivity index (χ0v) is 14.7. The van der Waals surface area contributed by atoms with Crippen LogP contribution in [0.25, 0.3) is 0 Å². The van der Waals surface area contributed by atoms with Crippen molar-refractivity contribution < 1.29 is 9.59 Å². The molecule has 1 aromatic carbocycles. The minimum atomic E-state index is -0.134. The van der Waals surface area contributed by atoms with Crippen LogP contribution < -0.4 is 5.32 Å². The van der Waals surface area contributed by atoms with Crippen LogP contribution in [-0.4, -0.2) is 45.9 Å². The van der Waals surface area contributed by atoms with E-state index in [9.17, 15) is 9.59 Å². The van der Waals surface area contributed by atoms with Crippen molar-refractivity contribution in [3.63, 3.8) is 0 Å². The number of nitrogens with zero attached hydrogens (tertiary/aromatic N) is 3. The molecule has 2 atom stereocenters. The molecule has 1 saturated carbocycles. The first-order valence-electron chi connectivity index (χ1n) is 8.74. The summed E-state index contributed by atoms with van der Waals surface area (Å²) in [5, 5.41) is 3.13. The van der Waals surface area contributed by atoms with Crippen molar-refractivity contribution in [2.24, 2.45) is 0 Å². The average molecular weight is 340 g/mol. The SMILES string of the molecule is CCN(C)C(=O)c1cccc(C(=O)N[C@H]2CCC[C@@H]2n2ccnc2)c1. The molecule has 6 nitrogen and oxygen atoms in total. The first kappa shape index (κ1) is 17.2. The van der Waals surface area contributed by atoms with E-state index < -0.39 is 0 Å². The predicted molar refractivity (Wildman–Crippen MR) is 95.4 cm³/mol. The van der Waals surface area contributed by atoms with Gasteiger partial charge in [-0.05, 0) is 44.4 Å². The number of hydrogen-bond acceptors (Lipinski definition) is 3. The molecule has 3 rings (SSSR count). The first-order chi connectivity index (χ1) is 12.1. The van der Waals surface area contributed by atoms with Crippen molar-refractivity contribution >= 4 is 11.8 Å². The van der Waals surface area contributed by atoms with Crippen LogP contribution in [0, 0.1) is 0 Å². The molecule has 1 aliphatic carbocycles. The van der Waals surface area contributed by atoms with E-state index in [1.807, 2.05) is 13.1 Å². The van der Waals surface area contributed by atoms with Gasteiger partial charge in [0.2, 0.25) is 0 Å². The summed E-state index contributed by atoms with van der Waals surface area (Å²) in [7, 11) is 1.75. The molecule has 2 aromatic rings. The number of hydrogen-bond donors (Lipinski definition) is 1. The van der Waals surface area contributed by atoms with E-state index in [2.05, 4.69) is 14.9 Å². The van der Waals surface area contributed by atoms with Crippen LogP contribution in [0.3, 0.4) is 0 Å². The number of carbonyl (C=O) groups excluding carboxylic acids is 2. The fourth-order valence-electron chi connectivity index (χ4n) is 3.34. The maximum Gasteiger partial charge on any atom is 0.253 e. The maximum absolute atomic E-state index is 12.7. The zero-order valence-electron chi connectivity index (χ0n) is 14.7. The van der Waals surface area contributed by atoms with Gasteiger partial charge in [-0.1, -0.05) is 6.07 Å². The van der Waals surface area contributed by atoms with Crippen LogP contribution in [-0.2, 0) is 0 Å². The molecular weight excluding hydrogens is 316 g/mol. The van der Waals surface area contributed by atoms with Crippen LogP contribution in [0.4, 0.5) is 0 Å². The van der Waals surface area contributed by atoms with Gasteiger partial charge in [-0.3, -0.25) is 9.59 Å². The Morgan fingerprint density at radius 1 is 1.32 bits per heavy atom. The van der Waals surface area contributed by atoms with Gasteiger partial charge in [-0.2, -0.15) is 0 Å². The number of rotatable bonds is 5. The van der Waals surface area contributed by atoms with Crippen LogP contribution >= 0.6 is 0 Å². The summed E-state index contributed by atoms with van der Waals surface area (Å²) >= 11 is 0. The van der Waals surface area contributed by atoms with Gasteiger partial charge in [0.1, 0.15) is 0 Å². The summed E-state index contributed by atoms with van der Waals surface area (Å²) in [6.07, 6.45) is 8.56. The Morgan fingerprint density at radius 3 is 2.84 bits per heavy atom. The Bertz CT molecular complexity index is 742. The highest BCUT2D eigenvalue weighted by Gasteiger charge is 2.30. The van der Waals surface area contributed by atoms with E-state index in [0.717, 1.165) is 19.3 Å². The third-order valence-corrected chi connectivity index (χ3v) is 4.90. The molecule has 0 aliphatic heterocycles. The van der Waals surface area contributed by atoms with Crippen molar-refractivity contribution in [1.82, 2.24) is 19.8 Å². The summed E-state index contributed by atoms with van der Waals surface area (Å²) in [5.41, 5.74) is 1.06. The second-order valence-corrected chi connectivity index (χ2v) is 6.49. The van der Waals surface area contributed by atoms with Crippen molar-refractivity contribution in [2.75, 3.05) is 13.6 Å². The molecule has 25 heavy (non-hydrogen) atoms. The number of benzene rings is 1. The van der Waals surface area contributed by atoms with Gasteiger partial charge in [0.15, 0.2) is 0 Å². The number of carbonyl (C=O) groups is 2. The van der Waals surface area contributed by atoms with E-state index in [0.29, 0.717) is 17.7 Å². The van der Waals surface area contributed by atoms with Crippen LogP contribution in [0.1, 0.15) is 52.9 Å². The van der Waals surface area contributed by atoms with E-state index in [1.54, 1.807) is 48.7 Å². The second-order valence-electron chi connectivity index (χ2n) is 6.49. The number of amides is 2. The molecule has 0 radical (unpaired) electrons. The molecule has 1 aromatic heterocycles. The Morgan fingerprint density at radius 2 is 2.12 bits per heavy atom. The van der Waals surface area contributed by atoms with Crippen LogP contribution in [0.2, 0.25) is 0 Å². The molecule has 1 heterocycles. The normalized spacial score (nSPS) is 19.6. The summed E-state index contributed by atoms with van der Waals surface area (Å²) in [6, 6.07) is 7.24. The molecule has 0 bridgehead atoms. The third kappa shape index (κ3) is 3.73. The smallest absolute Gasteiger partial charge is 0.253 e. The van der Waals surface area contributed by atoms with E-state index in [1.165, 1.54) is 0 Å². The molecule has 0 unspecified atom stereocenters. The molecule has 1 N–H and O–H groups in total. The monoisotopic (exact) mass is 340 g/mol. The summed E-state index contributed by atoms with van der Waals surface area (Å²) in [4.78, 5) is 30.7. The van der Waals surface area contributed by atoms with Crippen molar-refractivity contribution in [3.05, 3.63) is 54.1 Å². The lowest BCUT2D eigenvalue weighted by molar-refractivity contribution is 0.0802. The van der Waals surface area contributed by atoms with Crippen molar-refractivity contribution in [2.45, 2.75) is 38.3 Å². The zero-order chi connectivity index (χ0) is 17.8. The van der Waals surface area contributed by atoms with E-state index >= 15 is 0 Å². The number of imidazole rings is 1. The molecule has 1 aliphatic rings. The molecule has 0 saturated heterocycles. The highest BCUT2D eigenvalue weighted by Crippen LogP contribution is 2.30. The summed E-state index contributed by atoms with van der Waals surface area (Å²) in [6.45, 7) is 2.55. The largest absolute Gasteiger partial charge is 0.347 e. The molecule has 2 amide bonds. The van der Waals surface area contributed by atoms with Crippen molar-refractivity contribution in [1.29, 1.82) is 0 Å². The Labute approximate surface area is 147 Å². The minimum Gasteiger partial charge on any atom is -0.347 e. The molecular formula is C19H24N4O2. The van der Waals surface area contributed by atoms with Gasteiger partial charge in [-0.25, -0.2) is 4.98 Å². The summed E-state index contributed by atoms with van der Waals surface area (Å²) in [5.74, 6) is -0.208. The topological polar surface area (TPSA) is 67.2 Å². The van der Waals surface area contributed by atoms with Gasteiger partial charge in [0.25, 0.3) is 11.8 Å². The quantitative estimate of drug-likeness (QED) is 0.909. The highest BCUT2D eigenvalue weighted by molar-refractivity contribution is 5.99. The van der Waals surface area contributed by atoms with Gasteiger partial charge < -0.3 is 14.8 Å². The van der Waals surface area contributed by atoms with Gasteiger partial charge in [0.05, 0.1) is 12.4 Å². The minimum absolute atomic E-state index is 0.0747. The number of nitrogens with one attached hydrogen (secondary N) is 1. The molecule has 132 valence electrons. The Hall–Kier alpha value is -2.63. The predicted octanol–water partition coefficient (Wildman–Crippen LogP) is 2.50. The molecule has 6 heteroatoms. The first-order valence-corrected chi connectivity index (χ1v) is 8.74.